The van der Waals surface area contributed by atoms with Crippen molar-refractivity contribution in [1.29, 1.82) is 0 Å². The molecule has 0 aromatic rings. The van der Waals surface area contributed by atoms with Gasteiger partial charge in [-0.25, -0.2) is 0 Å². The molecule has 1 heterocycles. The molecule has 90 valence electrons. The number of likely N-dealkylation sites (tertiary alicyclic amines) is 1. The smallest absolute Gasteiger partial charge is 0.0195 e. The quantitative estimate of drug-likeness (QED) is 0.659. The Labute approximate surface area is 95.6 Å². The monoisotopic (exact) mass is 212 g/mol. The largest absolute Gasteiger partial charge is 0.306 e. The van der Waals surface area contributed by atoms with Gasteiger partial charge in [0.15, 0.2) is 0 Å². The van der Waals surface area contributed by atoms with Gasteiger partial charge in [0.1, 0.15) is 0 Å². The van der Waals surface area contributed by atoms with E-state index in [1.807, 2.05) is 0 Å². The van der Waals surface area contributed by atoms with E-state index in [1.165, 1.54) is 6.42 Å². The van der Waals surface area contributed by atoms with Gasteiger partial charge in [0.2, 0.25) is 0 Å². The minimum atomic E-state index is 0.274. The molecule has 1 aliphatic rings. The van der Waals surface area contributed by atoms with Crippen molar-refractivity contribution in [1.82, 2.24) is 9.80 Å². The summed E-state index contributed by atoms with van der Waals surface area (Å²) in [7, 11) is 6.68. The van der Waals surface area contributed by atoms with Crippen molar-refractivity contribution in [2.45, 2.75) is 58.2 Å². The minimum Gasteiger partial charge on any atom is -0.306 e. The zero-order chi connectivity index (χ0) is 12.0. The van der Waals surface area contributed by atoms with E-state index < -0.39 is 0 Å². The number of rotatable bonds is 1. The van der Waals surface area contributed by atoms with Crippen LogP contribution in [0.2, 0.25) is 0 Å². The van der Waals surface area contributed by atoms with Gasteiger partial charge < -0.3 is 4.90 Å². The lowest BCUT2D eigenvalue weighted by Crippen LogP contribution is -2.66. The number of nitrogens with zero attached hydrogens (tertiary/aromatic N) is 2. The summed E-state index contributed by atoms with van der Waals surface area (Å²) in [6.45, 7) is 11.8. The molecule has 1 rings (SSSR count). The first-order valence-corrected chi connectivity index (χ1v) is 6.01. The molecule has 0 aromatic carbocycles. The van der Waals surface area contributed by atoms with E-state index in [2.05, 4.69) is 65.6 Å². The molecule has 0 saturated carbocycles. The van der Waals surface area contributed by atoms with Crippen LogP contribution in [0.3, 0.4) is 0 Å². The van der Waals surface area contributed by atoms with Crippen LogP contribution in [0.25, 0.3) is 0 Å². The lowest BCUT2D eigenvalue weighted by atomic mass is 9.70. The molecule has 0 aliphatic carbocycles. The molecule has 2 unspecified atom stereocenters. The lowest BCUT2D eigenvalue weighted by Gasteiger charge is -2.58. The number of piperidine rings is 1. The highest BCUT2D eigenvalue weighted by Gasteiger charge is 2.48. The maximum atomic E-state index is 2.55. The second-order valence-electron chi connectivity index (χ2n) is 6.55. The van der Waals surface area contributed by atoms with E-state index >= 15 is 0 Å². The summed E-state index contributed by atoms with van der Waals surface area (Å²) in [6.07, 6.45) is 1.25. The fourth-order valence-corrected chi connectivity index (χ4v) is 3.01. The third-order valence-corrected chi connectivity index (χ3v) is 4.84. The van der Waals surface area contributed by atoms with Crippen molar-refractivity contribution in [3.63, 3.8) is 0 Å². The Kier molecular flexibility index (Phi) is 3.24. The maximum absolute atomic E-state index is 2.55. The second kappa shape index (κ2) is 3.74. The topological polar surface area (TPSA) is 6.48 Å². The molecule has 2 nitrogen and oxygen atoms in total. The lowest BCUT2D eigenvalue weighted by molar-refractivity contribution is -0.0779. The SMILES string of the molecule is CC1C(N(C)C)CC(C)(C)N(C)C1(C)C. The maximum Gasteiger partial charge on any atom is 0.0195 e. The first-order chi connectivity index (χ1) is 6.60. The van der Waals surface area contributed by atoms with Crippen LogP contribution >= 0.6 is 0 Å². The molecular weight excluding hydrogens is 184 g/mol. The summed E-state index contributed by atoms with van der Waals surface area (Å²) in [4.78, 5) is 4.94. The van der Waals surface area contributed by atoms with Gasteiger partial charge in [-0.3, -0.25) is 4.90 Å². The van der Waals surface area contributed by atoms with Gasteiger partial charge in [-0.2, -0.15) is 0 Å². The molecule has 2 atom stereocenters. The molecule has 1 saturated heterocycles. The summed E-state index contributed by atoms with van der Waals surface area (Å²) in [5.74, 6) is 0.700. The fraction of sp³-hybridized carbons (Fsp3) is 1.00. The van der Waals surface area contributed by atoms with E-state index in [0.717, 1.165) is 0 Å². The van der Waals surface area contributed by atoms with Gasteiger partial charge in [-0.1, -0.05) is 6.92 Å². The average Bonchev–Trinajstić information content (AvgIpc) is 2.09. The molecule has 2 heteroatoms. The van der Waals surface area contributed by atoms with Gasteiger partial charge in [-0.15, -0.1) is 0 Å². The minimum absolute atomic E-state index is 0.274. The summed E-state index contributed by atoms with van der Waals surface area (Å²) >= 11 is 0. The Morgan fingerprint density at radius 2 is 1.60 bits per heavy atom. The van der Waals surface area contributed by atoms with E-state index in [1.54, 1.807) is 0 Å². The Balaban J connectivity index is 3.02. The zero-order valence-electron chi connectivity index (χ0n) is 11.8. The van der Waals surface area contributed by atoms with Crippen molar-refractivity contribution in [2.24, 2.45) is 5.92 Å². The summed E-state index contributed by atoms with van der Waals surface area (Å²) in [5, 5.41) is 0. The van der Waals surface area contributed by atoms with Crippen LogP contribution in [0, 0.1) is 5.92 Å². The van der Waals surface area contributed by atoms with Crippen LogP contribution in [0.4, 0.5) is 0 Å². The Morgan fingerprint density at radius 1 is 1.13 bits per heavy atom. The molecule has 1 fully saturated rings. The van der Waals surface area contributed by atoms with Crippen molar-refractivity contribution in [3.05, 3.63) is 0 Å². The highest BCUT2D eigenvalue weighted by molar-refractivity contribution is 5.04. The molecule has 0 amide bonds. The van der Waals surface area contributed by atoms with E-state index in [9.17, 15) is 0 Å². The third-order valence-electron chi connectivity index (χ3n) is 4.84. The van der Waals surface area contributed by atoms with Crippen LogP contribution in [-0.4, -0.2) is 48.1 Å². The summed E-state index contributed by atoms with van der Waals surface area (Å²) in [6, 6.07) is 0.686. The van der Waals surface area contributed by atoms with E-state index in [4.69, 9.17) is 0 Å². The van der Waals surface area contributed by atoms with Crippen molar-refractivity contribution in [2.75, 3.05) is 21.1 Å². The van der Waals surface area contributed by atoms with Crippen LogP contribution in [0.5, 0.6) is 0 Å². The molecule has 0 aromatic heterocycles. The summed E-state index contributed by atoms with van der Waals surface area (Å²) < 4.78 is 0. The standard InChI is InChI=1S/C13H28N2/c1-10-11(14(6)7)9-12(2,3)15(8)13(10,4)5/h10-11H,9H2,1-8H3. The molecule has 0 spiro atoms. The number of hydrogen-bond donors (Lipinski definition) is 0. The van der Waals surface area contributed by atoms with Crippen molar-refractivity contribution < 1.29 is 0 Å². The van der Waals surface area contributed by atoms with Gasteiger partial charge in [0.25, 0.3) is 0 Å². The van der Waals surface area contributed by atoms with Crippen LogP contribution < -0.4 is 0 Å². The molecular formula is C13H28N2. The molecule has 15 heavy (non-hydrogen) atoms. The molecule has 0 N–H and O–H groups in total. The highest BCUT2D eigenvalue weighted by atomic mass is 15.3. The average molecular weight is 212 g/mol. The van der Waals surface area contributed by atoms with Gasteiger partial charge in [-0.05, 0) is 61.2 Å². The first-order valence-electron chi connectivity index (χ1n) is 6.01. The second-order valence-corrected chi connectivity index (χ2v) is 6.55. The molecule has 0 radical (unpaired) electrons. The van der Waals surface area contributed by atoms with Crippen molar-refractivity contribution in [3.8, 4) is 0 Å². The van der Waals surface area contributed by atoms with Crippen LogP contribution in [-0.2, 0) is 0 Å². The number of hydrogen-bond acceptors (Lipinski definition) is 2. The van der Waals surface area contributed by atoms with Gasteiger partial charge in [0.05, 0.1) is 0 Å². The van der Waals surface area contributed by atoms with Gasteiger partial charge in [0, 0.05) is 17.1 Å². The Hall–Kier alpha value is -0.0800. The summed E-state index contributed by atoms with van der Waals surface area (Å²) in [5.41, 5.74) is 0.571. The van der Waals surface area contributed by atoms with E-state index in [-0.39, 0.29) is 5.54 Å². The predicted molar refractivity (Wildman–Crippen MR) is 67.2 cm³/mol. The first kappa shape index (κ1) is 13.0. The predicted octanol–water partition coefficient (Wildman–Crippen LogP) is 2.45. The Morgan fingerprint density at radius 3 is 2.00 bits per heavy atom. The molecule has 0 bridgehead atoms. The van der Waals surface area contributed by atoms with Crippen LogP contribution in [0.1, 0.15) is 41.0 Å². The molecule has 1 aliphatic heterocycles. The fourth-order valence-electron chi connectivity index (χ4n) is 3.01. The van der Waals surface area contributed by atoms with Gasteiger partial charge >= 0.3 is 0 Å². The Bertz CT molecular complexity index is 231. The third kappa shape index (κ3) is 2.07. The van der Waals surface area contributed by atoms with E-state index in [0.29, 0.717) is 17.5 Å². The van der Waals surface area contributed by atoms with Crippen LogP contribution in [0.15, 0.2) is 0 Å². The highest BCUT2D eigenvalue weighted by Crippen LogP contribution is 2.41. The zero-order valence-corrected chi connectivity index (χ0v) is 11.8. The normalized spacial score (nSPS) is 35.8. The van der Waals surface area contributed by atoms with Crippen molar-refractivity contribution >= 4 is 0 Å².